The molecule has 1 fully saturated rings. The second-order valence-corrected chi connectivity index (χ2v) is 6.58. The quantitative estimate of drug-likeness (QED) is 0.326. The maximum absolute atomic E-state index is 6.01. The molecule has 1 aliphatic carbocycles. The van der Waals surface area contributed by atoms with E-state index >= 15 is 0 Å². The van der Waals surface area contributed by atoms with E-state index in [4.69, 9.17) is 9.26 Å². The average molecular weight is 351 g/mol. The summed E-state index contributed by atoms with van der Waals surface area (Å²) >= 11 is 0. The summed E-state index contributed by atoms with van der Waals surface area (Å²) in [6.45, 7) is 6.35. The van der Waals surface area contributed by atoms with Crippen molar-refractivity contribution in [2.45, 2.75) is 77.9 Å². The molecule has 0 atom stereocenters. The third-order valence-electron chi connectivity index (χ3n) is 4.81. The Bertz CT molecular complexity index is 498. The Balaban J connectivity index is 1.71. The summed E-state index contributed by atoms with van der Waals surface area (Å²) in [6, 6.07) is 0. The zero-order chi connectivity index (χ0) is 17.9. The van der Waals surface area contributed by atoms with Gasteiger partial charge >= 0.3 is 0 Å². The molecule has 0 unspecified atom stereocenters. The molecule has 0 saturated heterocycles. The molecule has 1 aromatic rings. The highest BCUT2D eigenvalue weighted by Gasteiger charge is 2.14. The van der Waals surface area contributed by atoms with Gasteiger partial charge in [0.25, 0.3) is 0 Å². The van der Waals surface area contributed by atoms with Crippen molar-refractivity contribution in [1.29, 1.82) is 0 Å². The molecule has 1 aromatic heterocycles. The number of nitrogens with zero attached hydrogens (tertiary/aromatic N) is 2. The van der Waals surface area contributed by atoms with Crippen molar-refractivity contribution in [1.82, 2.24) is 15.8 Å². The topological polar surface area (TPSA) is 71.7 Å². The molecule has 6 heteroatoms. The molecule has 1 aliphatic rings. The van der Waals surface area contributed by atoms with Gasteiger partial charge in [0.2, 0.25) is 0 Å². The molecule has 0 spiro atoms. The van der Waals surface area contributed by atoms with Crippen LogP contribution in [0.2, 0.25) is 0 Å². The number of aromatic nitrogens is 1. The number of rotatable bonds is 8. The Morgan fingerprint density at radius 2 is 1.92 bits per heavy atom. The van der Waals surface area contributed by atoms with Gasteiger partial charge in [-0.15, -0.1) is 0 Å². The molecule has 0 radical (unpaired) electrons. The van der Waals surface area contributed by atoms with Crippen LogP contribution in [0.5, 0.6) is 0 Å². The molecule has 0 bridgehead atoms. The molecular weight excluding hydrogens is 316 g/mol. The number of hydrogen-bond donors (Lipinski definition) is 2. The number of aryl methyl sites for hydroxylation is 2. The lowest BCUT2D eigenvalue weighted by Crippen LogP contribution is -2.39. The van der Waals surface area contributed by atoms with E-state index in [0.29, 0.717) is 12.6 Å². The predicted molar refractivity (Wildman–Crippen MR) is 101 cm³/mol. The molecule has 0 amide bonds. The fourth-order valence-electron chi connectivity index (χ4n) is 3.33. The Morgan fingerprint density at radius 1 is 1.16 bits per heavy atom. The van der Waals surface area contributed by atoms with Gasteiger partial charge in [-0.1, -0.05) is 44.7 Å². The van der Waals surface area contributed by atoms with Gasteiger partial charge in [-0.25, -0.2) is 0 Å². The second-order valence-electron chi connectivity index (χ2n) is 6.58. The Kier molecular flexibility index (Phi) is 8.80. The first-order chi connectivity index (χ1) is 12.3. The fraction of sp³-hybridized carbons (Fsp3) is 0.789. The summed E-state index contributed by atoms with van der Waals surface area (Å²) in [6.07, 6.45) is 9.91. The lowest BCUT2D eigenvalue weighted by Gasteiger charge is -2.17. The van der Waals surface area contributed by atoms with E-state index in [1.54, 1.807) is 7.05 Å². The SMILES string of the molecule is CCc1noc(CC)c1CNC(=NC)NCCOC1CCCCCC1. The van der Waals surface area contributed by atoms with Crippen molar-refractivity contribution < 1.29 is 9.26 Å². The summed E-state index contributed by atoms with van der Waals surface area (Å²) in [5, 5.41) is 10.8. The fourth-order valence-corrected chi connectivity index (χ4v) is 3.33. The van der Waals surface area contributed by atoms with Crippen LogP contribution in [-0.4, -0.2) is 37.4 Å². The van der Waals surface area contributed by atoms with Crippen molar-refractivity contribution in [2.75, 3.05) is 20.2 Å². The predicted octanol–water partition coefficient (Wildman–Crippen LogP) is 3.20. The van der Waals surface area contributed by atoms with E-state index in [9.17, 15) is 0 Å². The third-order valence-corrected chi connectivity index (χ3v) is 4.81. The molecule has 1 saturated carbocycles. The normalized spacial score (nSPS) is 16.7. The molecule has 6 nitrogen and oxygen atoms in total. The maximum Gasteiger partial charge on any atom is 0.191 e. The van der Waals surface area contributed by atoms with E-state index in [2.05, 4.69) is 34.6 Å². The highest BCUT2D eigenvalue weighted by molar-refractivity contribution is 5.79. The molecule has 25 heavy (non-hydrogen) atoms. The van der Waals surface area contributed by atoms with Gasteiger partial charge in [0.1, 0.15) is 5.76 Å². The van der Waals surface area contributed by atoms with Gasteiger partial charge in [0.05, 0.1) is 18.4 Å². The van der Waals surface area contributed by atoms with Crippen LogP contribution in [0.4, 0.5) is 0 Å². The first kappa shape index (κ1) is 19.8. The largest absolute Gasteiger partial charge is 0.376 e. The first-order valence-electron chi connectivity index (χ1n) is 9.80. The van der Waals surface area contributed by atoms with Crippen molar-refractivity contribution in [3.63, 3.8) is 0 Å². The van der Waals surface area contributed by atoms with Crippen molar-refractivity contribution in [2.24, 2.45) is 4.99 Å². The van der Waals surface area contributed by atoms with E-state index < -0.39 is 0 Å². The van der Waals surface area contributed by atoms with Gasteiger partial charge in [0, 0.05) is 32.1 Å². The van der Waals surface area contributed by atoms with E-state index in [-0.39, 0.29) is 0 Å². The minimum atomic E-state index is 0.440. The highest BCUT2D eigenvalue weighted by atomic mass is 16.5. The first-order valence-corrected chi connectivity index (χ1v) is 9.80. The smallest absolute Gasteiger partial charge is 0.191 e. The molecular formula is C19H34N4O2. The average Bonchev–Trinajstić information content (AvgIpc) is 2.85. The van der Waals surface area contributed by atoms with Crippen molar-refractivity contribution in [3.05, 3.63) is 17.0 Å². The second kappa shape index (κ2) is 11.1. The van der Waals surface area contributed by atoms with Crippen molar-refractivity contribution >= 4 is 5.96 Å². The minimum absolute atomic E-state index is 0.440. The number of hydrogen-bond acceptors (Lipinski definition) is 4. The number of aliphatic imine (C=N–C) groups is 1. The zero-order valence-electron chi connectivity index (χ0n) is 16.1. The zero-order valence-corrected chi connectivity index (χ0v) is 16.1. The number of nitrogens with one attached hydrogen (secondary N) is 2. The summed E-state index contributed by atoms with van der Waals surface area (Å²) in [5.74, 6) is 1.74. The monoisotopic (exact) mass is 350 g/mol. The molecule has 2 rings (SSSR count). The van der Waals surface area contributed by atoms with Crippen LogP contribution in [0.3, 0.4) is 0 Å². The molecule has 0 aliphatic heterocycles. The summed E-state index contributed by atoms with van der Waals surface area (Å²) in [5.41, 5.74) is 2.18. The van der Waals surface area contributed by atoms with Crippen LogP contribution in [0.25, 0.3) is 0 Å². The Labute approximate surface area is 151 Å². The van der Waals surface area contributed by atoms with Crippen LogP contribution >= 0.6 is 0 Å². The molecule has 1 heterocycles. The van der Waals surface area contributed by atoms with E-state index in [0.717, 1.165) is 49.0 Å². The van der Waals surface area contributed by atoms with Crippen molar-refractivity contribution in [3.8, 4) is 0 Å². The highest BCUT2D eigenvalue weighted by Crippen LogP contribution is 2.19. The standard InChI is InChI=1S/C19H34N4O2/c1-4-17-16(18(5-2)25-23-17)14-22-19(20-3)21-12-13-24-15-10-8-6-7-9-11-15/h15H,4-14H2,1-3H3,(H2,20,21,22). The Morgan fingerprint density at radius 3 is 2.56 bits per heavy atom. The number of guanidine groups is 1. The Hall–Kier alpha value is -1.56. The van der Waals surface area contributed by atoms with Gasteiger partial charge < -0.3 is 19.9 Å². The molecule has 142 valence electrons. The summed E-state index contributed by atoms with van der Waals surface area (Å²) in [4.78, 5) is 4.29. The van der Waals surface area contributed by atoms with E-state index in [1.807, 2.05) is 0 Å². The summed E-state index contributed by atoms with van der Waals surface area (Å²) < 4.78 is 11.4. The lowest BCUT2D eigenvalue weighted by molar-refractivity contribution is 0.0468. The minimum Gasteiger partial charge on any atom is -0.376 e. The van der Waals surface area contributed by atoms with Crippen LogP contribution in [0, 0.1) is 0 Å². The van der Waals surface area contributed by atoms with E-state index in [1.165, 1.54) is 38.5 Å². The maximum atomic E-state index is 6.01. The van der Waals surface area contributed by atoms with Crippen LogP contribution in [-0.2, 0) is 24.1 Å². The molecule has 0 aromatic carbocycles. The molecule has 2 N–H and O–H groups in total. The number of ether oxygens (including phenoxy) is 1. The van der Waals surface area contributed by atoms with Gasteiger partial charge in [-0.3, -0.25) is 4.99 Å². The third kappa shape index (κ3) is 6.34. The van der Waals surface area contributed by atoms with Gasteiger partial charge in [-0.05, 0) is 19.3 Å². The lowest BCUT2D eigenvalue weighted by atomic mass is 10.1. The van der Waals surface area contributed by atoms with Gasteiger partial charge in [-0.2, -0.15) is 0 Å². The van der Waals surface area contributed by atoms with Crippen LogP contribution in [0.15, 0.2) is 9.52 Å². The van der Waals surface area contributed by atoms with Crippen LogP contribution < -0.4 is 10.6 Å². The van der Waals surface area contributed by atoms with Crippen LogP contribution in [0.1, 0.15) is 69.4 Å². The summed E-state index contributed by atoms with van der Waals surface area (Å²) in [7, 11) is 1.79. The van der Waals surface area contributed by atoms with Gasteiger partial charge in [0.15, 0.2) is 5.96 Å².